The molecule has 0 amide bonds. The lowest BCUT2D eigenvalue weighted by atomic mass is 10.0. The molecular formula is C38H23N5. The summed E-state index contributed by atoms with van der Waals surface area (Å²) < 4.78 is 7.02. The van der Waals surface area contributed by atoms with Gasteiger partial charge in [0.25, 0.3) is 0 Å². The summed E-state index contributed by atoms with van der Waals surface area (Å²) >= 11 is 0. The van der Waals surface area contributed by atoms with Crippen molar-refractivity contribution in [2.24, 2.45) is 0 Å². The van der Waals surface area contributed by atoms with Gasteiger partial charge in [0.15, 0.2) is 0 Å². The fourth-order valence-electron chi connectivity index (χ4n) is 7.24. The molecule has 0 unspecified atom stereocenters. The number of imidazole rings is 1. The number of rotatable bonds is 2. The molecule has 0 aliphatic rings. The Balaban J connectivity index is 1.53. The van der Waals surface area contributed by atoms with Crippen LogP contribution in [0.15, 0.2) is 140 Å². The zero-order valence-corrected chi connectivity index (χ0v) is 23.0. The van der Waals surface area contributed by atoms with Crippen LogP contribution in [0.1, 0.15) is 0 Å². The Morgan fingerprint density at radius 2 is 1.07 bits per heavy atom. The predicted molar refractivity (Wildman–Crippen MR) is 177 cm³/mol. The highest BCUT2D eigenvalue weighted by atomic mass is 15.0. The minimum Gasteiger partial charge on any atom is -0.309 e. The summed E-state index contributed by atoms with van der Waals surface area (Å²) in [5.74, 6) is 0. The van der Waals surface area contributed by atoms with Gasteiger partial charge in [0.05, 0.1) is 38.5 Å². The van der Waals surface area contributed by atoms with E-state index in [0.717, 1.165) is 49.9 Å². The third kappa shape index (κ3) is 2.90. The third-order valence-electron chi connectivity index (χ3n) is 8.92. The molecule has 5 aromatic heterocycles. The molecule has 0 aliphatic carbocycles. The molecule has 0 saturated heterocycles. The van der Waals surface area contributed by atoms with E-state index < -0.39 is 0 Å². The Kier molecular flexibility index (Phi) is 4.39. The zero-order chi connectivity index (χ0) is 28.1. The van der Waals surface area contributed by atoms with Crippen LogP contribution in [0.2, 0.25) is 0 Å². The van der Waals surface area contributed by atoms with E-state index in [0.29, 0.717) is 0 Å². The summed E-state index contributed by atoms with van der Waals surface area (Å²) in [7, 11) is 0. The highest BCUT2D eigenvalue weighted by Gasteiger charge is 2.24. The SMILES string of the molecule is c1ccc(-n2c3ccccc3c3ccc4c(c5ccc6c7ncccc7n7ccnc7c6c5n4-c4ccccc4)c32)cc1. The van der Waals surface area contributed by atoms with Gasteiger partial charge in [0.1, 0.15) is 5.65 Å². The second-order valence-corrected chi connectivity index (χ2v) is 11.1. The van der Waals surface area contributed by atoms with Crippen LogP contribution in [0.3, 0.4) is 0 Å². The molecule has 0 aliphatic heterocycles. The second-order valence-electron chi connectivity index (χ2n) is 11.1. The molecule has 5 nitrogen and oxygen atoms in total. The monoisotopic (exact) mass is 549 g/mol. The summed E-state index contributed by atoms with van der Waals surface area (Å²) in [6.45, 7) is 0. The van der Waals surface area contributed by atoms with Crippen LogP contribution in [-0.4, -0.2) is 23.5 Å². The van der Waals surface area contributed by atoms with Gasteiger partial charge in [-0.05, 0) is 48.5 Å². The fraction of sp³-hybridized carbons (Fsp3) is 0. The Bertz CT molecular complexity index is 2710. The first-order valence-electron chi connectivity index (χ1n) is 14.5. The van der Waals surface area contributed by atoms with Gasteiger partial charge in [-0.1, -0.05) is 72.8 Å². The largest absolute Gasteiger partial charge is 0.309 e. The molecule has 0 radical (unpaired) electrons. The molecule has 0 N–H and O–H groups in total. The zero-order valence-electron chi connectivity index (χ0n) is 23.0. The van der Waals surface area contributed by atoms with Crippen LogP contribution in [0, 0.1) is 0 Å². The number of para-hydroxylation sites is 3. The van der Waals surface area contributed by atoms with Crippen LogP contribution in [0.25, 0.3) is 82.4 Å². The third-order valence-corrected chi connectivity index (χ3v) is 8.92. The maximum absolute atomic E-state index is 4.93. The highest BCUT2D eigenvalue weighted by molar-refractivity contribution is 6.31. The normalized spacial score (nSPS) is 12.2. The standard InChI is InChI=1S/C38H23N5/c1-3-10-24(11-4-1)42-30-15-8-7-14-26(30)27-19-20-31-33(36(27)42)29-18-17-28-34(37(29)43(31)25-12-5-2-6-13-25)38-40-22-23-41(38)32-16-9-21-39-35(28)32/h1-23H. The van der Waals surface area contributed by atoms with Gasteiger partial charge >= 0.3 is 0 Å². The van der Waals surface area contributed by atoms with Crippen molar-refractivity contribution in [1.82, 2.24) is 23.5 Å². The van der Waals surface area contributed by atoms with Crippen molar-refractivity contribution in [3.8, 4) is 11.4 Å². The van der Waals surface area contributed by atoms with Gasteiger partial charge in [-0.25, -0.2) is 4.98 Å². The first-order valence-corrected chi connectivity index (χ1v) is 14.5. The van der Waals surface area contributed by atoms with Crippen molar-refractivity contribution in [3.05, 3.63) is 140 Å². The number of aromatic nitrogens is 5. The molecule has 0 fully saturated rings. The van der Waals surface area contributed by atoms with Crippen molar-refractivity contribution >= 4 is 71.1 Å². The number of pyridine rings is 2. The summed E-state index contributed by atoms with van der Waals surface area (Å²) in [5.41, 5.74) is 9.92. The quantitative estimate of drug-likeness (QED) is 0.202. The number of nitrogens with zero attached hydrogens (tertiary/aromatic N) is 5. The topological polar surface area (TPSA) is 40.1 Å². The second kappa shape index (κ2) is 8.30. The number of benzene rings is 5. The molecule has 10 aromatic rings. The van der Waals surface area contributed by atoms with E-state index in [1.165, 1.54) is 32.6 Å². The smallest absolute Gasteiger partial charge is 0.147 e. The van der Waals surface area contributed by atoms with E-state index in [1.54, 1.807) is 0 Å². The van der Waals surface area contributed by atoms with Gasteiger partial charge in [0, 0.05) is 56.9 Å². The number of hydrogen-bond acceptors (Lipinski definition) is 2. The number of hydrogen-bond donors (Lipinski definition) is 0. The molecule has 5 heterocycles. The van der Waals surface area contributed by atoms with Crippen LogP contribution in [-0.2, 0) is 0 Å². The first-order chi connectivity index (χ1) is 21.4. The lowest BCUT2D eigenvalue weighted by Crippen LogP contribution is -1.97. The van der Waals surface area contributed by atoms with Crippen LogP contribution < -0.4 is 0 Å². The minimum absolute atomic E-state index is 0.931. The lowest BCUT2D eigenvalue weighted by molar-refractivity contribution is 1.18. The molecule has 5 aromatic carbocycles. The van der Waals surface area contributed by atoms with Gasteiger partial charge < -0.3 is 9.13 Å². The Morgan fingerprint density at radius 1 is 0.419 bits per heavy atom. The summed E-state index contributed by atoms with van der Waals surface area (Å²) in [5, 5.41) is 7.10. The van der Waals surface area contributed by atoms with Gasteiger partial charge in [-0.2, -0.15) is 0 Å². The van der Waals surface area contributed by atoms with Crippen molar-refractivity contribution in [1.29, 1.82) is 0 Å². The molecule has 0 bridgehead atoms. The Morgan fingerprint density at radius 3 is 1.88 bits per heavy atom. The van der Waals surface area contributed by atoms with E-state index in [2.05, 4.69) is 129 Å². The Hall–Kier alpha value is -5.94. The van der Waals surface area contributed by atoms with E-state index in [9.17, 15) is 0 Å². The van der Waals surface area contributed by atoms with Crippen molar-refractivity contribution < 1.29 is 0 Å². The average Bonchev–Trinajstić information content (AvgIpc) is 3.78. The van der Waals surface area contributed by atoms with Crippen molar-refractivity contribution in [2.75, 3.05) is 0 Å². The maximum Gasteiger partial charge on any atom is 0.147 e. The minimum atomic E-state index is 0.931. The average molecular weight is 550 g/mol. The Labute approximate surface area is 245 Å². The van der Waals surface area contributed by atoms with Gasteiger partial charge in [-0.15, -0.1) is 0 Å². The highest BCUT2D eigenvalue weighted by Crippen LogP contribution is 2.45. The van der Waals surface area contributed by atoms with E-state index in [4.69, 9.17) is 9.97 Å². The van der Waals surface area contributed by atoms with Crippen LogP contribution in [0.5, 0.6) is 0 Å². The molecule has 10 rings (SSSR count). The fourth-order valence-corrected chi connectivity index (χ4v) is 7.24. The summed E-state index contributed by atoms with van der Waals surface area (Å²) in [4.78, 5) is 9.80. The first kappa shape index (κ1) is 22.7. The number of fused-ring (bicyclic) bond motifs is 14. The van der Waals surface area contributed by atoms with E-state index in [-0.39, 0.29) is 0 Å². The predicted octanol–water partition coefficient (Wildman–Crippen LogP) is 9.23. The molecule has 200 valence electrons. The van der Waals surface area contributed by atoms with Gasteiger partial charge in [0.2, 0.25) is 0 Å². The maximum atomic E-state index is 4.93. The van der Waals surface area contributed by atoms with E-state index >= 15 is 0 Å². The van der Waals surface area contributed by atoms with E-state index in [1.807, 2.05) is 24.7 Å². The molecule has 43 heavy (non-hydrogen) atoms. The van der Waals surface area contributed by atoms with Crippen molar-refractivity contribution in [3.63, 3.8) is 0 Å². The van der Waals surface area contributed by atoms with Crippen LogP contribution in [0.4, 0.5) is 0 Å². The molecule has 5 heteroatoms. The molecular weight excluding hydrogens is 526 g/mol. The molecule has 0 saturated carbocycles. The molecule has 0 spiro atoms. The summed E-state index contributed by atoms with van der Waals surface area (Å²) in [6, 6.07) is 43.3. The van der Waals surface area contributed by atoms with Crippen molar-refractivity contribution in [2.45, 2.75) is 0 Å². The van der Waals surface area contributed by atoms with Crippen LogP contribution >= 0.6 is 0 Å². The molecule has 0 atom stereocenters. The summed E-state index contributed by atoms with van der Waals surface area (Å²) in [6.07, 6.45) is 5.81. The lowest BCUT2D eigenvalue weighted by Gasteiger charge is -2.12. The van der Waals surface area contributed by atoms with Gasteiger partial charge in [-0.3, -0.25) is 9.38 Å².